The predicted octanol–water partition coefficient (Wildman–Crippen LogP) is 2.68. The zero-order chi connectivity index (χ0) is 15.9. The lowest BCUT2D eigenvalue weighted by Gasteiger charge is -2.06. The van der Waals surface area contributed by atoms with Gasteiger partial charge in [-0.2, -0.15) is 0 Å². The lowest BCUT2D eigenvalue weighted by Crippen LogP contribution is -2.26. The van der Waals surface area contributed by atoms with Crippen LogP contribution in [0.2, 0.25) is 0 Å². The summed E-state index contributed by atoms with van der Waals surface area (Å²) in [5, 5.41) is 4.46. The molecule has 1 aromatic heterocycles. The van der Waals surface area contributed by atoms with Gasteiger partial charge in [0.25, 0.3) is 5.91 Å². The summed E-state index contributed by atoms with van der Waals surface area (Å²) in [6.07, 6.45) is 0.0570. The fourth-order valence-electron chi connectivity index (χ4n) is 1.73. The number of carbonyl (C=O) groups is 3. The topological polar surface area (TPSA) is 72.5 Å². The molecule has 1 aromatic carbocycles. The van der Waals surface area contributed by atoms with Crippen LogP contribution in [0.5, 0.6) is 5.75 Å². The Labute approximate surface area is 131 Å². The number of rotatable bonds is 6. The summed E-state index contributed by atoms with van der Waals surface area (Å²) in [5.41, 5.74) is 0.483. The average molecular weight is 317 g/mol. The van der Waals surface area contributed by atoms with E-state index in [-0.39, 0.29) is 24.7 Å². The molecule has 0 unspecified atom stereocenters. The minimum absolute atomic E-state index is 0.0570. The number of benzene rings is 1. The second kappa shape index (κ2) is 7.51. The number of ether oxygens (including phenoxy) is 1. The highest BCUT2D eigenvalue weighted by atomic mass is 32.1. The number of nitrogens with one attached hydrogen (secondary N) is 1. The third kappa shape index (κ3) is 4.53. The molecule has 2 aromatic rings. The zero-order valence-electron chi connectivity index (χ0n) is 12.0. The van der Waals surface area contributed by atoms with Crippen molar-refractivity contribution in [2.45, 2.75) is 13.3 Å². The number of ketones is 1. The van der Waals surface area contributed by atoms with Crippen molar-refractivity contribution in [2.75, 3.05) is 6.54 Å². The van der Waals surface area contributed by atoms with Gasteiger partial charge in [0.15, 0.2) is 5.78 Å². The summed E-state index contributed by atoms with van der Waals surface area (Å²) in [7, 11) is 0. The number of hydrogen-bond acceptors (Lipinski definition) is 5. The number of thiophene rings is 1. The minimum Gasteiger partial charge on any atom is -0.426 e. The van der Waals surface area contributed by atoms with Gasteiger partial charge in [0, 0.05) is 12.1 Å². The van der Waals surface area contributed by atoms with Crippen LogP contribution in [0.3, 0.4) is 0 Å². The van der Waals surface area contributed by atoms with Crippen molar-refractivity contribution in [3.63, 3.8) is 0 Å². The fourth-order valence-corrected chi connectivity index (χ4v) is 2.37. The molecule has 6 heteroatoms. The molecule has 0 aliphatic rings. The average Bonchev–Trinajstić information content (AvgIpc) is 3.01. The Morgan fingerprint density at radius 3 is 2.68 bits per heavy atom. The molecule has 0 fully saturated rings. The summed E-state index contributed by atoms with van der Waals surface area (Å²) >= 11 is 1.34. The van der Waals surface area contributed by atoms with E-state index in [1.54, 1.807) is 30.3 Å². The van der Waals surface area contributed by atoms with Crippen LogP contribution in [0.4, 0.5) is 0 Å². The maximum Gasteiger partial charge on any atom is 0.312 e. The molecule has 1 N–H and O–H groups in total. The molecule has 1 heterocycles. The standard InChI is InChI=1S/C16H15NO4S/c1-11(18)12-4-2-5-13(10-12)21-15(19)7-8-17-16(20)14-6-3-9-22-14/h2-6,9-10H,7-8H2,1H3,(H,17,20). The summed E-state index contributed by atoms with van der Waals surface area (Å²) in [4.78, 5) is 35.2. The fraction of sp³-hybridized carbons (Fsp3) is 0.188. The van der Waals surface area contributed by atoms with Crippen LogP contribution in [-0.2, 0) is 4.79 Å². The first-order chi connectivity index (χ1) is 10.6. The molecule has 0 radical (unpaired) electrons. The van der Waals surface area contributed by atoms with Crippen LogP contribution in [0.25, 0.3) is 0 Å². The third-order valence-electron chi connectivity index (χ3n) is 2.83. The van der Waals surface area contributed by atoms with E-state index >= 15 is 0 Å². The second-order valence-electron chi connectivity index (χ2n) is 4.54. The van der Waals surface area contributed by atoms with Crippen LogP contribution in [0.1, 0.15) is 33.4 Å². The normalized spacial score (nSPS) is 10.0. The molecule has 0 bridgehead atoms. The Balaban J connectivity index is 1.79. The molecule has 0 aliphatic carbocycles. The zero-order valence-corrected chi connectivity index (χ0v) is 12.8. The van der Waals surface area contributed by atoms with E-state index in [0.29, 0.717) is 16.2 Å². The molecule has 5 nitrogen and oxygen atoms in total. The van der Waals surface area contributed by atoms with Crippen LogP contribution >= 0.6 is 11.3 Å². The molecular weight excluding hydrogens is 302 g/mol. The highest BCUT2D eigenvalue weighted by molar-refractivity contribution is 7.12. The first-order valence-corrected chi connectivity index (χ1v) is 7.57. The Hall–Kier alpha value is -2.47. The van der Waals surface area contributed by atoms with Crippen molar-refractivity contribution >= 4 is 29.0 Å². The van der Waals surface area contributed by atoms with E-state index in [2.05, 4.69) is 5.32 Å². The molecule has 0 aliphatic heterocycles. The monoisotopic (exact) mass is 317 g/mol. The van der Waals surface area contributed by atoms with Gasteiger partial charge in [-0.25, -0.2) is 0 Å². The molecule has 0 atom stereocenters. The predicted molar refractivity (Wildman–Crippen MR) is 83.4 cm³/mol. The van der Waals surface area contributed by atoms with Crippen molar-refractivity contribution in [3.8, 4) is 5.75 Å². The number of carbonyl (C=O) groups excluding carboxylic acids is 3. The van der Waals surface area contributed by atoms with Gasteiger partial charge >= 0.3 is 5.97 Å². The quantitative estimate of drug-likeness (QED) is 0.505. The van der Waals surface area contributed by atoms with E-state index in [0.717, 1.165) is 0 Å². The maximum absolute atomic E-state index is 11.7. The summed E-state index contributed by atoms with van der Waals surface area (Å²) in [6, 6.07) is 9.93. The molecule has 114 valence electrons. The van der Waals surface area contributed by atoms with E-state index in [9.17, 15) is 14.4 Å². The van der Waals surface area contributed by atoms with Gasteiger partial charge in [0.2, 0.25) is 0 Å². The Kier molecular flexibility index (Phi) is 5.43. The van der Waals surface area contributed by atoms with Gasteiger partial charge in [-0.3, -0.25) is 14.4 Å². The molecule has 0 saturated heterocycles. The lowest BCUT2D eigenvalue weighted by molar-refractivity contribution is -0.134. The first-order valence-electron chi connectivity index (χ1n) is 6.69. The van der Waals surface area contributed by atoms with Crippen molar-refractivity contribution in [2.24, 2.45) is 0 Å². The maximum atomic E-state index is 11.7. The smallest absolute Gasteiger partial charge is 0.312 e. The molecule has 0 spiro atoms. The van der Waals surface area contributed by atoms with Crippen LogP contribution < -0.4 is 10.1 Å². The molecule has 22 heavy (non-hydrogen) atoms. The van der Waals surface area contributed by atoms with E-state index in [1.807, 2.05) is 5.38 Å². The van der Waals surface area contributed by atoms with Crippen LogP contribution in [0.15, 0.2) is 41.8 Å². The number of hydrogen-bond donors (Lipinski definition) is 1. The second-order valence-corrected chi connectivity index (χ2v) is 5.49. The summed E-state index contributed by atoms with van der Waals surface area (Å²) < 4.78 is 5.14. The van der Waals surface area contributed by atoms with Gasteiger partial charge in [-0.15, -0.1) is 11.3 Å². The third-order valence-corrected chi connectivity index (χ3v) is 3.70. The van der Waals surface area contributed by atoms with Gasteiger partial charge in [-0.05, 0) is 30.5 Å². The van der Waals surface area contributed by atoms with E-state index in [4.69, 9.17) is 4.74 Å². The van der Waals surface area contributed by atoms with Crippen molar-refractivity contribution in [3.05, 3.63) is 52.2 Å². The molecule has 1 amide bonds. The van der Waals surface area contributed by atoms with Crippen molar-refractivity contribution < 1.29 is 19.1 Å². The number of amides is 1. The van der Waals surface area contributed by atoms with Crippen LogP contribution in [-0.4, -0.2) is 24.2 Å². The van der Waals surface area contributed by atoms with Crippen molar-refractivity contribution in [1.82, 2.24) is 5.32 Å². The minimum atomic E-state index is -0.466. The SMILES string of the molecule is CC(=O)c1cccc(OC(=O)CCNC(=O)c2cccs2)c1. The Morgan fingerprint density at radius 2 is 2.00 bits per heavy atom. The molecule has 0 saturated carbocycles. The Morgan fingerprint density at radius 1 is 1.18 bits per heavy atom. The first kappa shape index (κ1) is 15.9. The van der Waals surface area contributed by atoms with Crippen molar-refractivity contribution in [1.29, 1.82) is 0 Å². The van der Waals surface area contributed by atoms with Gasteiger partial charge in [0.05, 0.1) is 11.3 Å². The Bertz CT molecular complexity index is 679. The molecular formula is C16H15NO4S. The lowest BCUT2D eigenvalue weighted by atomic mass is 10.1. The van der Waals surface area contributed by atoms with Gasteiger partial charge in [0.1, 0.15) is 5.75 Å². The number of Topliss-reactive ketones (excluding diaryl/α,β-unsaturated/α-hetero) is 1. The summed E-state index contributed by atoms with van der Waals surface area (Å²) in [5.74, 6) is -0.447. The highest BCUT2D eigenvalue weighted by Crippen LogP contribution is 2.14. The van der Waals surface area contributed by atoms with Crippen LogP contribution in [0, 0.1) is 0 Å². The highest BCUT2D eigenvalue weighted by Gasteiger charge is 2.09. The van der Waals surface area contributed by atoms with E-state index < -0.39 is 5.97 Å². The van der Waals surface area contributed by atoms with E-state index in [1.165, 1.54) is 24.3 Å². The summed E-state index contributed by atoms with van der Waals surface area (Å²) in [6.45, 7) is 1.64. The number of esters is 1. The van der Waals surface area contributed by atoms with Gasteiger partial charge in [-0.1, -0.05) is 18.2 Å². The van der Waals surface area contributed by atoms with Gasteiger partial charge < -0.3 is 10.1 Å². The molecule has 2 rings (SSSR count). The largest absolute Gasteiger partial charge is 0.426 e.